The van der Waals surface area contributed by atoms with Gasteiger partial charge in [-0.15, -0.1) is 0 Å². The van der Waals surface area contributed by atoms with Crippen LogP contribution in [0.25, 0.3) is 0 Å². The van der Waals surface area contributed by atoms with E-state index in [9.17, 15) is 21.6 Å². The molecule has 0 heterocycles. The van der Waals surface area contributed by atoms with E-state index < -0.39 is 40.5 Å². The first-order valence-corrected chi connectivity index (χ1v) is 6.48. The molecule has 0 fully saturated rings. The minimum Gasteiger partial charge on any atom is -0.449 e. The van der Waals surface area contributed by atoms with E-state index in [4.69, 9.17) is 14.9 Å². The van der Waals surface area contributed by atoms with Crippen LogP contribution in [0.15, 0.2) is 0 Å². The molecule has 0 spiro atoms. The van der Waals surface area contributed by atoms with Gasteiger partial charge in [0.2, 0.25) is 11.1 Å². The van der Waals surface area contributed by atoms with Gasteiger partial charge in [-0.25, -0.2) is 4.79 Å². The predicted octanol–water partition coefficient (Wildman–Crippen LogP) is -0.932. The Morgan fingerprint density at radius 2 is 1.71 bits per heavy atom. The van der Waals surface area contributed by atoms with Crippen LogP contribution in [0.5, 0.6) is 0 Å². The smallest absolute Gasteiger partial charge is 0.449 e. The SMILES string of the molecule is O=C(O)OSS(=O)(=O)N(O)S(=O)(=O)O. The van der Waals surface area contributed by atoms with Gasteiger partial charge in [-0.2, -0.15) is 16.8 Å². The lowest BCUT2D eigenvalue weighted by atomic mass is 11.5. The van der Waals surface area contributed by atoms with Gasteiger partial charge in [0, 0.05) is 0 Å². The molecule has 0 rings (SSSR count). The van der Waals surface area contributed by atoms with Crippen LogP contribution in [0.2, 0.25) is 0 Å². The van der Waals surface area contributed by atoms with Crippen LogP contribution in [-0.2, 0) is 23.5 Å². The Labute approximate surface area is 81.6 Å². The summed E-state index contributed by atoms with van der Waals surface area (Å²) in [4.78, 5) is 9.70. The molecular weight excluding hydrogens is 266 g/mol. The first kappa shape index (κ1) is 13.4. The number of hydrogen-bond donors (Lipinski definition) is 3. The number of carbonyl (C=O) groups is 1. The Morgan fingerprint density at radius 1 is 1.29 bits per heavy atom. The van der Waals surface area contributed by atoms with E-state index in [1.165, 1.54) is 0 Å². The van der Waals surface area contributed by atoms with E-state index in [1.807, 2.05) is 0 Å². The molecule has 13 heteroatoms. The van der Waals surface area contributed by atoms with Crippen molar-refractivity contribution >= 4 is 36.6 Å². The molecule has 0 aromatic heterocycles. The molecule has 3 N–H and O–H groups in total. The third kappa shape index (κ3) is 4.07. The molecule has 0 atom stereocenters. The van der Waals surface area contributed by atoms with Crippen molar-refractivity contribution in [3.8, 4) is 0 Å². The zero-order valence-corrected chi connectivity index (χ0v) is 8.41. The second-order valence-electron chi connectivity index (χ2n) is 1.53. The van der Waals surface area contributed by atoms with Crippen molar-refractivity contribution < 1.29 is 40.7 Å². The van der Waals surface area contributed by atoms with Gasteiger partial charge in [-0.1, -0.05) is 0 Å². The predicted molar refractivity (Wildman–Crippen MR) is 40.8 cm³/mol. The molecule has 0 unspecified atom stereocenters. The lowest BCUT2D eigenvalue weighted by Gasteiger charge is -2.07. The quantitative estimate of drug-likeness (QED) is 0.252. The number of carboxylic acid groups (broad SMARTS) is 1. The molecule has 0 amide bonds. The lowest BCUT2D eigenvalue weighted by Crippen LogP contribution is -2.31. The number of hydrogen-bond acceptors (Lipinski definition) is 8. The molecule has 0 aromatic rings. The van der Waals surface area contributed by atoms with Crippen LogP contribution >= 0.6 is 11.1 Å². The third-order valence-electron chi connectivity index (χ3n) is 0.580. The van der Waals surface area contributed by atoms with Crippen molar-refractivity contribution in [2.24, 2.45) is 0 Å². The average Bonchev–Trinajstić information content (AvgIpc) is 1.98. The molecule has 10 nitrogen and oxygen atoms in total. The summed E-state index contributed by atoms with van der Waals surface area (Å²) >= 11 is -0.869. The van der Waals surface area contributed by atoms with Gasteiger partial charge in [0.15, 0.2) is 0 Å². The Kier molecular flexibility index (Phi) is 4.10. The van der Waals surface area contributed by atoms with Crippen molar-refractivity contribution in [1.29, 1.82) is 0 Å². The highest BCUT2D eigenvalue weighted by Crippen LogP contribution is 2.19. The van der Waals surface area contributed by atoms with Crippen LogP contribution in [0.4, 0.5) is 4.79 Å². The van der Waals surface area contributed by atoms with E-state index in [0.29, 0.717) is 0 Å². The van der Waals surface area contributed by atoms with Crippen LogP contribution in [0, 0.1) is 0 Å². The van der Waals surface area contributed by atoms with Crippen molar-refractivity contribution in [2.45, 2.75) is 0 Å². The molecule has 0 aliphatic rings. The van der Waals surface area contributed by atoms with Crippen LogP contribution < -0.4 is 0 Å². The summed E-state index contributed by atoms with van der Waals surface area (Å²) in [5, 5.41) is 16.2. The van der Waals surface area contributed by atoms with E-state index >= 15 is 0 Å². The molecule has 0 radical (unpaired) electrons. The zero-order chi connectivity index (χ0) is 11.6. The molecule has 0 saturated heterocycles. The molecule has 0 aliphatic heterocycles. The Balaban J connectivity index is 4.74. The van der Waals surface area contributed by atoms with E-state index in [0.717, 1.165) is 0 Å². The van der Waals surface area contributed by atoms with Gasteiger partial charge in [0.25, 0.3) is 0 Å². The second-order valence-corrected chi connectivity index (χ2v) is 6.18. The lowest BCUT2D eigenvalue weighted by molar-refractivity contribution is 0.0854. The monoisotopic (exact) mass is 269 g/mol. The molecule has 84 valence electrons. The maximum atomic E-state index is 10.6. The molecule has 0 aromatic carbocycles. The fourth-order valence-corrected chi connectivity index (χ4v) is 2.84. The molecule has 14 heavy (non-hydrogen) atoms. The van der Waals surface area contributed by atoms with Gasteiger partial charge in [0.1, 0.15) is 0 Å². The van der Waals surface area contributed by atoms with Gasteiger partial charge < -0.3 is 9.29 Å². The molecule has 0 aliphatic carbocycles. The van der Waals surface area contributed by atoms with E-state index in [-0.39, 0.29) is 0 Å². The van der Waals surface area contributed by atoms with Gasteiger partial charge in [-0.3, -0.25) is 9.76 Å². The first-order chi connectivity index (χ1) is 6.07. The summed E-state index contributed by atoms with van der Waals surface area (Å²) in [6.07, 6.45) is -2.03. The van der Waals surface area contributed by atoms with Crippen molar-refractivity contribution in [1.82, 2.24) is 3.87 Å². The van der Waals surface area contributed by atoms with E-state index in [1.54, 1.807) is 0 Å². The minimum atomic E-state index is -5.40. The summed E-state index contributed by atoms with van der Waals surface area (Å²) in [6, 6.07) is 0. The molecule has 0 saturated carbocycles. The topological polar surface area (TPSA) is 159 Å². The van der Waals surface area contributed by atoms with Crippen molar-refractivity contribution in [3.05, 3.63) is 0 Å². The number of nitrogens with zero attached hydrogens (tertiary/aromatic N) is 1. The zero-order valence-electron chi connectivity index (χ0n) is 5.96. The normalized spacial score (nSPS) is 12.8. The van der Waals surface area contributed by atoms with Crippen LogP contribution in [0.3, 0.4) is 0 Å². The van der Waals surface area contributed by atoms with Gasteiger partial charge in [0.05, 0.1) is 3.87 Å². The third-order valence-corrected chi connectivity index (χ3v) is 4.32. The van der Waals surface area contributed by atoms with Gasteiger partial charge in [-0.05, 0) is 0 Å². The summed E-state index contributed by atoms with van der Waals surface area (Å²) in [7, 11) is -10.4. The van der Waals surface area contributed by atoms with Crippen LogP contribution in [-0.4, -0.2) is 41.7 Å². The molecular formula is CH3NO9S3. The fraction of sp³-hybridized carbons (Fsp3) is 0. The second kappa shape index (κ2) is 4.28. The largest absolute Gasteiger partial charge is 0.519 e. The summed E-state index contributed by atoms with van der Waals surface area (Å²) in [5.74, 6) is 0. The van der Waals surface area contributed by atoms with Crippen molar-refractivity contribution in [3.63, 3.8) is 0 Å². The summed E-state index contributed by atoms with van der Waals surface area (Å²) < 4.78 is 51.3. The van der Waals surface area contributed by atoms with Crippen molar-refractivity contribution in [2.75, 3.05) is 0 Å². The highest BCUT2D eigenvalue weighted by atomic mass is 33.2. The highest BCUT2D eigenvalue weighted by molar-refractivity contribution is 8.70. The first-order valence-electron chi connectivity index (χ1n) is 2.38. The molecule has 0 bridgehead atoms. The van der Waals surface area contributed by atoms with Crippen LogP contribution in [0.1, 0.15) is 0 Å². The Bertz CT molecular complexity index is 403. The maximum Gasteiger partial charge on any atom is 0.519 e. The maximum absolute atomic E-state index is 10.6. The summed E-state index contributed by atoms with van der Waals surface area (Å²) in [5.41, 5.74) is 0. The fourth-order valence-electron chi connectivity index (χ4n) is 0.213. The Hall–Kier alpha value is -0.600. The Morgan fingerprint density at radius 3 is 2.00 bits per heavy atom. The minimum absolute atomic E-state index is 0.869. The average molecular weight is 269 g/mol. The summed E-state index contributed by atoms with van der Waals surface area (Å²) in [6.45, 7) is 0. The van der Waals surface area contributed by atoms with Gasteiger partial charge >= 0.3 is 25.5 Å². The number of rotatable bonds is 4. The standard InChI is InChI=1S/CH3NO9S3/c3-1(4)11-12-14(9,10)2(5)13(6,7)8/h5H,(H,3,4)(H,6,7,8). The highest BCUT2D eigenvalue weighted by Gasteiger charge is 2.34. The van der Waals surface area contributed by atoms with E-state index in [2.05, 4.69) is 4.18 Å².